The van der Waals surface area contributed by atoms with Gasteiger partial charge in [0.05, 0.1) is 4.92 Å². The normalized spacial score (nSPS) is 10.5. The zero-order valence-corrected chi connectivity index (χ0v) is 11.9. The van der Waals surface area contributed by atoms with Crippen LogP contribution < -0.4 is 10.1 Å². The molecule has 0 aliphatic carbocycles. The Balaban J connectivity index is 2.17. The molecule has 2 heterocycles. The van der Waals surface area contributed by atoms with Crippen LogP contribution in [0, 0.1) is 17.0 Å². The van der Waals surface area contributed by atoms with Gasteiger partial charge in [0, 0.05) is 6.07 Å². The van der Waals surface area contributed by atoms with E-state index in [4.69, 9.17) is 0 Å². The Morgan fingerprint density at radius 1 is 1.45 bits per heavy atom. The number of anilines is 1. The van der Waals surface area contributed by atoms with Crippen LogP contribution in [0.5, 0.6) is 5.75 Å². The minimum atomic E-state index is -3.04. The molecule has 0 fully saturated rings. The van der Waals surface area contributed by atoms with Gasteiger partial charge in [-0.15, -0.1) is 11.3 Å². The lowest BCUT2D eigenvalue weighted by Crippen LogP contribution is -2.14. The van der Waals surface area contributed by atoms with Gasteiger partial charge >= 0.3 is 6.61 Å². The van der Waals surface area contributed by atoms with E-state index in [0.29, 0.717) is 0 Å². The van der Waals surface area contributed by atoms with Gasteiger partial charge < -0.3 is 10.1 Å². The number of nitrogens with one attached hydrogen (secondary N) is 1. The Kier molecular flexibility index (Phi) is 4.61. The van der Waals surface area contributed by atoms with Crippen LogP contribution in [-0.2, 0) is 0 Å². The Morgan fingerprint density at radius 3 is 2.77 bits per heavy atom. The number of hydrogen-bond donors (Lipinski definition) is 1. The monoisotopic (exact) mass is 329 g/mol. The summed E-state index contributed by atoms with van der Waals surface area (Å²) in [5.74, 6) is -0.855. The average molecular weight is 329 g/mol. The number of thiophene rings is 1. The van der Waals surface area contributed by atoms with E-state index in [2.05, 4.69) is 15.0 Å². The molecule has 7 nitrogen and oxygen atoms in total. The molecule has 2 aromatic heterocycles. The standard InChI is InChI=1S/C12H9F2N3O4S/c1-6-7(17(19)20)2-3-9(15-6)16-11(18)10-8(4-5-22-10)21-12(13)14/h2-5,12H,1H3,(H,15,16,18). The number of carbonyl (C=O) groups is 1. The van der Waals surface area contributed by atoms with Gasteiger partial charge in [0.25, 0.3) is 11.6 Å². The lowest BCUT2D eigenvalue weighted by molar-refractivity contribution is -0.385. The highest BCUT2D eigenvalue weighted by atomic mass is 32.1. The second kappa shape index (κ2) is 6.43. The molecule has 0 radical (unpaired) electrons. The Labute approximate surface area is 126 Å². The van der Waals surface area contributed by atoms with E-state index < -0.39 is 17.4 Å². The number of alkyl halides is 2. The van der Waals surface area contributed by atoms with Gasteiger partial charge in [-0.3, -0.25) is 14.9 Å². The maximum atomic E-state index is 12.2. The number of aromatic nitrogens is 1. The number of nitro groups is 1. The van der Waals surface area contributed by atoms with Crippen LogP contribution in [0.4, 0.5) is 20.3 Å². The van der Waals surface area contributed by atoms with Gasteiger partial charge in [-0.1, -0.05) is 0 Å². The predicted molar refractivity (Wildman–Crippen MR) is 74.5 cm³/mol. The molecule has 2 aromatic rings. The van der Waals surface area contributed by atoms with Gasteiger partial charge in [0.2, 0.25) is 0 Å². The van der Waals surface area contributed by atoms with Crippen LogP contribution >= 0.6 is 11.3 Å². The molecule has 0 aliphatic heterocycles. The summed E-state index contributed by atoms with van der Waals surface area (Å²) in [5.41, 5.74) is -0.0612. The zero-order valence-electron chi connectivity index (χ0n) is 11.1. The van der Waals surface area contributed by atoms with Crippen LogP contribution in [-0.4, -0.2) is 22.4 Å². The molecular weight excluding hydrogens is 320 g/mol. The van der Waals surface area contributed by atoms with E-state index in [9.17, 15) is 23.7 Å². The van der Waals surface area contributed by atoms with Crippen LogP contribution in [0.25, 0.3) is 0 Å². The first-order valence-electron chi connectivity index (χ1n) is 5.84. The molecule has 1 N–H and O–H groups in total. The number of hydrogen-bond acceptors (Lipinski definition) is 6. The number of aryl methyl sites for hydroxylation is 1. The molecule has 0 atom stereocenters. The number of carbonyl (C=O) groups excluding carboxylic acids is 1. The summed E-state index contributed by atoms with van der Waals surface area (Å²) in [6.45, 7) is -1.62. The van der Waals surface area contributed by atoms with Crippen molar-refractivity contribution in [3.63, 3.8) is 0 Å². The molecule has 116 valence electrons. The molecule has 0 aromatic carbocycles. The van der Waals surface area contributed by atoms with E-state index in [0.717, 1.165) is 11.3 Å². The van der Waals surface area contributed by atoms with E-state index in [-0.39, 0.29) is 27.8 Å². The van der Waals surface area contributed by atoms with Gasteiger partial charge in [-0.05, 0) is 24.4 Å². The first-order valence-corrected chi connectivity index (χ1v) is 6.72. The quantitative estimate of drug-likeness (QED) is 0.671. The lowest BCUT2D eigenvalue weighted by atomic mass is 10.3. The highest BCUT2D eigenvalue weighted by Gasteiger charge is 2.19. The van der Waals surface area contributed by atoms with Gasteiger partial charge in [0.1, 0.15) is 22.1 Å². The Bertz CT molecular complexity index is 720. The molecule has 0 saturated heterocycles. The van der Waals surface area contributed by atoms with Crippen molar-refractivity contribution < 1.29 is 23.2 Å². The van der Waals surface area contributed by atoms with E-state index in [1.807, 2.05) is 0 Å². The smallest absolute Gasteiger partial charge is 0.387 e. The number of ether oxygens (including phenoxy) is 1. The van der Waals surface area contributed by atoms with Crippen molar-refractivity contribution in [2.75, 3.05) is 5.32 Å². The van der Waals surface area contributed by atoms with Gasteiger partial charge in [-0.2, -0.15) is 8.78 Å². The Hall–Kier alpha value is -2.62. The number of amides is 1. The molecule has 10 heteroatoms. The van der Waals surface area contributed by atoms with Gasteiger partial charge in [0.15, 0.2) is 0 Å². The molecule has 0 aliphatic rings. The molecule has 2 rings (SSSR count). The SMILES string of the molecule is Cc1nc(NC(=O)c2sccc2OC(F)F)ccc1[N+](=O)[O-]. The molecule has 0 spiro atoms. The number of rotatable bonds is 5. The predicted octanol–water partition coefficient (Wildman–Crippen LogP) is 3.21. The fourth-order valence-electron chi connectivity index (χ4n) is 1.64. The summed E-state index contributed by atoms with van der Waals surface area (Å²) in [7, 11) is 0. The minimum Gasteiger partial charge on any atom is -0.433 e. The van der Waals surface area contributed by atoms with E-state index in [1.54, 1.807) is 0 Å². The fraction of sp³-hybridized carbons (Fsp3) is 0.167. The third kappa shape index (κ3) is 3.52. The third-order valence-corrected chi connectivity index (χ3v) is 3.44. The molecule has 22 heavy (non-hydrogen) atoms. The van der Waals surface area contributed by atoms with Crippen molar-refractivity contribution in [2.45, 2.75) is 13.5 Å². The fourth-order valence-corrected chi connectivity index (χ4v) is 2.36. The largest absolute Gasteiger partial charge is 0.433 e. The molecular formula is C12H9F2N3O4S. The van der Waals surface area contributed by atoms with Crippen LogP contribution in [0.2, 0.25) is 0 Å². The first-order chi connectivity index (χ1) is 10.4. The van der Waals surface area contributed by atoms with Crippen molar-refractivity contribution in [1.82, 2.24) is 4.98 Å². The van der Waals surface area contributed by atoms with E-state index >= 15 is 0 Å². The molecule has 0 saturated carbocycles. The minimum absolute atomic E-state index is 0.0434. The summed E-state index contributed by atoms with van der Waals surface area (Å²) in [5, 5.41) is 14.5. The summed E-state index contributed by atoms with van der Waals surface area (Å²) in [6.07, 6.45) is 0. The molecule has 0 bridgehead atoms. The van der Waals surface area contributed by atoms with Crippen LogP contribution in [0.1, 0.15) is 15.4 Å². The van der Waals surface area contributed by atoms with Crippen LogP contribution in [0.15, 0.2) is 23.6 Å². The van der Waals surface area contributed by atoms with Crippen molar-refractivity contribution >= 4 is 28.7 Å². The van der Waals surface area contributed by atoms with Crippen molar-refractivity contribution in [3.8, 4) is 5.75 Å². The first kappa shape index (κ1) is 15.8. The summed E-state index contributed by atoms with van der Waals surface area (Å²) in [6, 6.07) is 3.70. The average Bonchev–Trinajstić information content (AvgIpc) is 2.85. The number of nitrogens with zero attached hydrogens (tertiary/aromatic N) is 2. The van der Waals surface area contributed by atoms with Gasteiger partial charge in [-0.25, -0.2) is 4.98 Å². The zero-order chi connectivity index (χ0) is 16.3. The topological polar surface area (TPSA) is 94.4 Å². The second-order valence-electron chi connectivity index (χ2n) is 4.00. The number of pyridine rings is 1. The summed E-state index contributed by atoms with van der Waals surface area (Å²) in [4.78, 5) is 25.9. The lowest BCUT2D eigenvalue weighted by Gasteiger charge is -2.07. The van der Waals surface area contributed by atoms with Crippen molar-refractivity contribution in [1.29, 1.82) is 0 Å². The highest BCUT2D eigenvalue weighted by Crippen LogP contribution is 2.27. The Morgan fingerprint density at radius 2 is 2.18 bits per heavy atom. The molecule has 1 amide bonds. The maximum Gasteiger partial charge on any atom is 0.387 e. The number of halogens is 2. The van der Waals surface area contributed by atoms with E-state index in [1.165, 1.54) is 30.5 Å². The van der Waals surface area contributed by atoms with Crippen LogP contribution in [0.3, 0.4) is 0 Å². The highest BCUT2D eigenvalue weighted by molar-refractivity contribution is 7.12. The second-order valence-corrected chi connectivity index (χ2v) is 4.92. The maximum absolute atomic E-state index is 12.2. The third-order valence-electron chi connectivity index (χ3n) is 2.55. The molecule has 0 unspecified atom stereocenters. The summed E-state index contributed by atoms with van der Waals surface area (Å²) < 4.78 is 28.7. The van der Waals surface area contributed by atoms with Crippen molar-refractivity contribution in [3.05, 3.63) is 44.3 Å². The summed E-state index contributed by atoms with van der Waals surface area (Å²) >= 11 is 0.925. The van der Waals surface area contributed by atoms with Crippen molar-refractivity contribution in [2.24, 2.45) is 0 Å².